The van der Waals surface area contributed by atoms with Crippen LogP contribution in [-0.2, 0) is 9.59 Å². The van der Waals surface area contributed by atoms with E-state index in [0.717, 1.165) is 0 Å². The van der Waals surface area contributed by atoms with Gasteiger partial charge in [-0.05, 0) is 12.3 Å². The van der Waals surface area contributed by atoms with E-state index in [1.54, 1.807) is 0 Å². The Morgan fingerprint density at radius 1 is 1.39 bits per heavy atom. The number of hydrogen-bond donors (Lipinski definition) is 3. The van der Waals surface area contributed by atoms with Crippen molar-refractivity contribution in [2.24, 2.45) is 17.6 Å². The van der Waals surface area contributed by atoms with Gasteiger partial charge in [-0.15, -0.1) is 0 Å². The van der Waals surface area contributed by atoms with Crippen LogP contribution >= 0.6 is 0 Å². The molecule has 0 aromatic rings. The Hall–Kier alpha value is -1.79. The van der Waals surface area contributed by atoms with Crippen LogP contribution in [0.15, 0.2) is 0 Å². The van der Waals surface area contributed by atoms with Crippen molar-refractivity contribution in [3.8, 4) is 0 Å². The molecule has 1 aliphatic heterocycles. The summed E-state index contributed by atoms with van der Waals surface area (Å²) < 4.78 is 0. The van der Waals surface area contributed by atoms with Crippen molar-refractivity contribution < 1.29 is 19.5 Å². The van der Waals surface area contributed by atoms with Gasteiger partial charge in [0.05, 0.1) is 5.92 Å². The molecule has 4 N–H and O–H groups in total. The monoisotopic (exact) mass is 257 g/mol. The van der Waals surface area contributed by atoms with Gasteiger partial charge in [0.1, 0.15) is 0 Å². The normalized spacial score (nSPS) is 22.8. The highest BCUT2D eigenvalue weighted by atomic mass is 16.4. The number of carboxylic acid groups (broad SMARTS) is 1. The smallest absolute Gasteiger partial charge is 0.317 e. The maximum atomic E-state index is 11.7. The minimum atomic E-state index is -0.869. The molecule has 1 heterocycles. The summed E-state index contributed by atoms with van der Waals surface area (Å²) in [5.74, 6) is -1.81. The number of likely N-dealkylation sites (tertiary alicyclic amines) is 1. The maximum absolute atomic E-state index is 11.7. The molecule has 1 rings (SSSR count). The molecule has 1 saturated heterocycles. The molecule has 18 heavy (non-hydrogen) atoms. The minimum absolute atomic E-state index is 0.0427. The van der Waals surface area contributed by atoms with E-state index in [0.29, 0.717) is 19.5 Å². The van der Waals surface area contributed by atoms with Gasteiger partial charge in [-0.2, -0.15) is 0 Å². The first-order valence-electron chi connectivity index (χ1n) is 5.95. The average Bonchev–Trinajstić information content (AvgIpc) is 2.66. The lowest BCUT2D eigenvalue weighted by atomic mass is 9.99. The van der Waals surface area contributed by atoms with Crippen molar-refractivity contribution in [2.45, 2.75) is 19.8 Å². The summed E-state index contributed by atoms with van der Waals surface area (Å²) in [4.78, 5) is 34.6. The molecule has 0 aromatic carbocycles. The molecule has 0 spiro atoms. The van der Waals surface area contributed by atoms with E-state index in [-0.39, 0.29) is 24.9 Å². The molecule has 0 bridgehead atoms. The average molecular weight is 257 g/mol. The van der Waals surface area contributed by atoms with E-state index in [4.69, 9.17) is 10.8 Å². The number of aliphatic carboxylic acids is 1. The third-order valence-corrected chi connectivity index (χ3v) is 3.09. The van der Waals surface area contributed by atoms with E-state index in [1.807, 2.05) is 6.92 Å². The summed E-state index contributed by atoms with van der Waals surface area (Å²) in [5.41, 5.74) is 4.97. The number of primary amides is 1. The number of nitrogens with zero attached hydrogens (tertiary/aromatic N) is 1. The molecule has 1 fully saturated rings. The number of carbonyl (C=O) groups is 3. The topological polar surface area (TPSA) is 113 Å². The third-order valence-electron chi connectivity index (χ3n) is 3.09. The molecule has 2 atom stereocenters. The molecule has 0 aromatic heterocycles. The number of carbonyl (C=O) groups excluding carboxylic acids is 2. The third kappa shape index (κ3) is 3.90. The molecular weight excluding hydrogens is 238 g/mol. The van der Waals surface area contributed by atoms with Crippen LogP contribution in [0, 0.1) is 11.8 Å². The zero-order valence-electron chi connectivity index (χ0n) is 10.4. The molecule has 0 unspecified atom stereocenters. The summed E-state index contributed by atoms with van der Waals surface area (Å²) in [6.07, 6.45) is 0.723. The van der Waals surface area contributed by atoms with Gasteiger partial charge in [-0.1, -0.05) is 6.92 Å². The van der Waals surface area contributed by atoms with Gasteiger partial charge in [0.25, 0.3) is 0 Å². The van der Waals surface area contributed by atoms with E-state index in [1.165, 1.54) is 4.90 Å². The highest BCUT2D eigenvalue weighted by Gasteiger charge is 2.36. The second-order valence-corrected chi connectivity index (χ2v) is 4.63. The predicted molar refractivity (Wildman–Crippen MR) is 63.7 cm³/mol. The van der Waals surface area contributed by atoms with Gasteiger partial charge in [-0.25, -0.2) is 4.79 Å². The van der Waals surface area contributed by atoms with Gasteiger partial charge in [0.15, 0.2) is 0 Å². The largest absolute Gasteiger partial charge is 0.481 e. The quantitative estimate of drug-likeness (QED) is 0.582. The van der Waals surface area contributed by atoms with Crippen molar-refractivity contribution >= 4 is 17.9 Å². The van der Waals surface area contributed by atoms with Crippen LogP contribution in [0.1, 0.15) is 19.8 Å². The lowest BCUT2D eigenvalue weighted by Crippen LogP contribution is -2.39. The molecule has 7 heteroatoms. The number of urea groups is 1. The fourth-order valence-electron chi connectivity index (χ4n) is 2.02. The lowest BCUT2D eigenvalue weighted by Gasteiger charge is -2.16. The summed E-state index contributed by atoms with van der Waals surface area (Å²) in [6, 6.07) is -0.282. The molecule has 3 amide bonds. The highest BCUT2D eigenvalue weighted by molar-refractivity contribution is 5.77. The Labute approximate surface area is 105 Å². The standard InChI is InChI=1S/C11H19N3O4/c1-7-5-14(6-8(7)10(16)17)11(18)13-4-2-3-9(12)15/h7-8H,2-6H2,1H3,(H2,12,15)(H,13,18)(H,16,17)/t7-,8-/m1/s1. The van der Waals surface area contributed by atoms with Gasteiger partial charge in [0, 0.05) is 26.1 Å². The van der Waals surface area contributed by atoms with E-state index in [2.05, 4.69) is 5.32 Å². The fourth-order valence-corrected chi connectivity index (χ4v) is 2.02. The molecular formula is C11H19N3O4. The van der Waals surface area contributed by atoms with Gasteiger partial charge >= 0.3 is 12.0 Å². The first-order chi connectivity index (χ1) is 8.41. The Bertz CT molecular complexity index is 345. The Morgan fingerprint density at radius 3 is 2.56 bits per heavy atom. The first-order valence-corrected chi connectivity index (χ1v) is 5.95. The van der Waals surface area contributed by atoms with E-state index < -0.39 is 17.8 Å². The zero-order chi connectivity index (χ0) is 13.7. The maximum Gasteiger partial charge on any atom is 0.317 e. The number of carboxylic acids is 1. The second-order valence-electron chi connectivity index (χ2n) is 4.63. The molecule has 1 aliphatic rings. The Morgan fingerprint density at radius 2 is 2.06 bits per heavy atom. The summed E-state index contributed by atoms with van der Waals surface area (Å²) in [6.45, 7) is 2.86. The van der Waals surface area contributed by atoms with Crippen molar-refractivity contribution in [3.05, 3.63) is 0 Å². The fraction of sp³-hybridized carbons (Fsp3) is 0.727. The zero-order valence-corrected chi connectivity index (χ0v) is 10.4. The van der Waals surface area contributed by atoms with Crippen LogP contribution in [0.25, 0.3) is 0 Å². The van der Waals surface area contributed by atoms with Crippen molar-refractivity contribution in [2.75, 3.05) is 19.6 Å². The lowest BCUT2D eigenvalue weighted by molar-refractivity contribution is -0.142. The van der Waals surface area contributed by atoms with Crippen LogP contribution in [0.2, 0.25) is 0 Å². The van der Waals surface area contributed by atoms with Gasteiger partial charge < -0.3 is 21.1 Å². The summed E-state index contributed by atoms with van der Waals surface area (Å²) in [7, 11) is 0. The molecule has 0 radical (unpaired) electrons. The number of amides is 3. The number of nitrogens with one attached hydrogen (secondary N) is 1. The van der Waals surface area contributed by atoms with Crippen LogP contribution in [0.4, 0.5) is 4.79 Å². The van der Waals surface area contributed by atoms with Crippen molar-refractivity contribution in [1.82, 2.24) is 10.2 Å². The van der Waals surface area contributed by atoms with E-state index >= 15 is 0 Å². The molecule has 7 nitrogen and oxygen atoms in total. The van der Waals surface area contributed by atoms with Crippen molar-refractivity contribution in [3.63, 3.8) is 0 Å². The predicted octanol–water partition coefficient (Wildman–Crippen LogP) is -0.386. The molecule has 0 aliphatic carbocycles. The first kappa shape index (κ1) is 14.3. The number of hydrogen-bond acceptors (Lipinski definition) is 3. The van der Waals surface area contributed by atoms with Gasteiger partial charge in [-0.3, -0.25) is 9.59 Å². The number of nitrogens with two attached hydrogens (primary N) is 1. The SMILES string of the molecule is C[C@@H]1CN(C(=O)NCCCC(N)=O)C[C@H]1C(=O)O. The van der Waals surface area contributed by atoms with Crippen molar-refractivity contribution in [1.29, 1.82) is 0 Å². The second kappa shape index (κ2) is 6.23. The summed E-state index contributed by atoms with van der Waals surface area (Å²) >= 11 is 0. The van der Waals surface area contributed by atoms with Gasteiger partial charge in [0.2, 0.25) is 5.91 Å². The van der Waals surface area contributed by atoms with Crippen LogP contribution in [0.5, 0.6) is 0 Å². The molecule has 0 saturated carbocycles. The minimum Gasteiger partial charge on any atom is -0.481 e. The van der Waals surface area contributed by atoms with Crippen LogP contribution in [-0.4, -0.2) is 47.5 Å². The Kier molecular flexibility index (Phi) is 4.94. The summed E-state index contributed by atoms with van der Waals surface area (Å²) in [5, 5.41) is 11.6. The molecule has 102 valence electrons. The van der Waals surface area contributed by atoms with Crippen LogP contribution in [0.3, 0.4) is 0 Å². The Balaban J connectivity index is 2.31. The van der Waals surface area contributed by atoms with Crippen LogP contribution < -0.4 is 11.1 Å². The number of rotatable bonds is 5. The highest BCUT2D eigenvalue weighted by Crippen LogP contribution is 2.22. The van der Waals surface area contributed by atoms with E-state index in [9.17, 15) is 14.4 Å².